The summed E-state index contributed by atoms with van der Waals surface area (Å²) in [6, 6.07) is 15.2. The predicted octanol–water partition coefficient (Wildman–Crippen LogP) is 1.99. The lowest BCUT2D eigenvalue weighted by atomic mass is 10.1. The van der Waals surface area contributed by atoms with Gasteiger partial charge in [0.2, 0.25) is 0 Å². The van der Waals surface area contributed by atoms with Crippen molar-refractivity contribution < 1.29 is 4.79 Å². The number of hydrogen-bond acceptors (Lipinski definition) is 3. The third kappa shape index (κ3) is 1.59. The molecular weight excluding hydrogens is 226 g/mol. The van der Waals surface area contributed by atoms with Crippen LogP contribution >= 0.6 is 0 Å². The summed E-state index contributed by atoms with van der Waals surface area (Å²) < 4.78 is 0. The second-order valence-electron chi connectivity index (χ2n) is 4.03. The zero-order valence-corrected chi connectivity index (χ0v) is 9.55. The normalized spacial score (nSPS) is 10.7. The van der Waals surface area contributed by atoms with Gasteiger partial charge in [-0.05, 0) is 24.3 Å². The van der Waals surface area contributed by atoms with E-state index in [4.69, 9.17) is 5.84 Å². The molecule has 0 unspecified atom stereocenters. The number of aromatic nitrogens is 1. The monoisotopic (exact) mass is 237 g/mol. The molecular formula is C14H11N3O. The number of amides is 1. The average Bonchev–Trinajstić information content (AvgIpc) is 2.43. The quantitative estimate of drug-likeness (QED) is 0.294. The second kappa shape index (κ2) is 4.09. The van der Waals surface area contributed by atoms with Crippen molar-refractivity contribution in [3.63, 3.8) is 0 Å². The zero-order chi connectivity index (χ0) is 12.5. The molecule has 2 aromatic carbocycles. The maximum absolute atomic E-state index is 11.7. The van der Waals surface area contributed by atoms with Gasteiger partial charge in [-0.2, -0.15) is 0 Å². The molecule has 0 bridgehead atoms. The Kier molecular flexibility index (Phi) is 2.42. The van der Waals surface area contributed by atoms with Gasteiger partial charge in [0.1, 0.15) is 0 Å². The molecule has 3 rings (SSSR count). The van der Waals surface area contributed by atoms with Crippen LogP contribution in [0.2, 0.25) is 0 Å². The van der Waals surface area contributed by atoms with E-state index in [2.05, 4.69) is 10.4 Å². The number of carbonyl (C=O) groups excluding carboxylic acids is 1. The van der Waals surface area contributed by atoms with E-state index in [1.165, 1.54) is 0 Å². The van der Waals surface area contributed by atoms with Crippen LogP contribution in [0.3, 0.4) is 0 Å². The van der Waals surface area contributed by atoms with Crippen molar-refractivity contribution in [2.24, 2.45) is 5.84 Å². The number of nitrogens with one attached hydrogen (secondary N) is 1. The Hall–Kier alpha value is -2.46. The molecule has 0 spiro atoms. The molecule has 0 saturated heterocycles. The smallest absolute Gasteiger partial charge is 0.265 e. The minimum atomic E-state index is -0.308. The van der Waals surface area contributed by atoms with E-state index in [1.807, 2.05) is 36.4 Å². The van der Waals surface area contributed by atoms with Crippen molar-refractivity contribution in [1.29, 1.82) is 0 Å². The predicted molar refractivity (Wildman–Crippen MR) is 70.9 cm³/mol. The van der Waals surface area contributed by atoms with Crippen molar-refractivity contribution in [2.45, 2.75) is 0 Å². The van der Waals surface area contributed by atoms with E-state index in [1.54, 1.807) is 12.1 Å². The van der Waals surface area contributed by atoms with E-state index in [0.717, 1.165) is 21.8 Å². The van der Waals surface area contributed by atoms with E-state index in [9.17, 15) is 4.79 Å². The van der Waals surface area contributed by atoms with Crippen molar-refractivity contribution >= 4 is 27.7 Å². The fourth-order valence-corrected chi connectivity index (χ4v) is 2.07. The van der Waals surface area contributed by atoms with Crippen LogP contribution in [-0.2, 0) is 0 Å². The first-order valence-corrected chi connectivity index (χ1v) is 5.59. The zero-order valence-electron chi connectivity index (χ0n) is 9.55. The highest BCUT2D eigenvalue weighted by Crippen LogP contribution is 2.22. The molecule has 1 aromatic heterocycles. The third-order valence-corrected chi connectivity index (χ3v) is 2.94. The number of fused-ring (bicyclic) bond motifs is 2. The Balaban J connectivity index is 2.39. The minimum absolute atomic E-state index is 0.308. The summed E-state index contributed by atoms with van der Waals surface area (Å²) in [5.74, 6) is 4.88. The third-order valence-electron chi connectivity index (χ3n) is 2.94. The highest BCUT2D eigenvalue weighted by molar-refractivity contribution is 6.08. The standard InChI is InChI=1S/C14H11N3O/c15-17-14(18)10-5-3-7-13-11(10)8-9-4-1-2-6-12(9)16-13/h1-8H,15H2,(H,17,18). The number of pyridine rings is 1. The first kappa shape index (κ1) is 10.7. The molecule has 18 heavy (non-hydrogen) atoms. The van der Waals surface area contributed by atoms with Gasteiger partial charge in [-0.3, -0.25) is 10.2 Å². The van der Waals surface area contributed by atoms with Gasteiger partial charge < -0.3 is 0 Å². The van der Waals surface area contributed by atoms with Crippen molar-refractivity contribution in [3.8, 4) is 0 Å². The van der Waals surface area contributed by atoms with Gasteiger partial charge in [-0.25, -0.2) is 10.8 Å². The van der Waals surface area contributed by atoms with Crippen LogP contribution in [0.5, 0.6) is 0 Å². The van der Waals surface area contributed by atoms with E-state index in [0.29, 0.717) is 5.56 Å². The second-order valence-corrected chi connectivity index (χ2v) is 4.03. The van der Waals surface area contributed by atoms with Crippen molar-refractivity contribution in [1.82, 2.24) is 10.4 Å². The van der Waals surface area contributed by atoms with Crippen LogP contribution in [0.25, 0.3) is 21.8 Å². The molecule has 0 saturated carbocycles. The van der Waals surface area contributed by atoms with Crippen LogP contribution in [0.4, 0.5) is 0 Å². The maximum Gasteiger partial charge on any atom is 0.265 e. The molecule has 0 aliphatic carbocycles. The van der Waals surface area contributed by atoms with E-state index in [-0.39, 0.29) is 5.91 Å². The van der Waals surface area contributed by atoms with Crippen LogP contribution in [0.15, 0.2) is 48.5 Å². The van der Waals surface area contributed by atoms with E-state index < -0.39 is 0 Å². The Morgan fingerprint density at radius 2 is 1.83 bits per heavy atom. The fourth-order valence-electron chi connectivity index (χ4n) is 2.07. The topological polar surface area (TPSA) is 68.0 Å². The number of nitrogens with two attached hydrogens (primary N) is 1. The number of benzene rings is 2. The summed E-state index contributed by atoms with van der Waals surface area (Å²) in [6.07, 6.45) is 0. The average molecular weight is 237 g/mol. The van der Waals surface area contributed by atoms with Gasteiger partial charge >= 0.3 is 0 Å². The largest absolute Gasteiger partial charge is 0.290 e. The van der Waals surface area contributed by atoms with Gasteiger partial charge in [0, 0.05) is 10.8 Å². The van der Waals surface area contributed by atoms with Crippen molar-refractivity contribution in [3.05, 3.63) is 54.1 Å². The lowest BCUT2D eigenvalue weighted by molar-refractivity contribution is 0.0955. The molecule has 0 atom stereocenters. The summed E-state index contributed by atoms with van der Waals surface area (Å²) in [7, 11) is 0. The molecule has 0 fully saturated rings. The number of hydrogen-bond donors (Lipinski definition) is 2. The first-order valence-electron chi connectivity index (χ1n) is 5.59. The van der Waals surface area contributed by atoms with Gasteiger partial charge in [0.15, 0.2) is 0 Å². The molecule has 0 radical (unpaired) electrons. The summed E-state index contributed by atoms with van der Waals surface area (Å²) in [5.41, 5.74) is 4.39. The molecule has 0 aliphatic heterocycles. The first-order chi connectivity index (χ1) is 8.79. The van der Waals surface area contributed by atoms with Crippen LogP contribution < -0.4 is 11.3 Å². The number of nitrogen functional groups attached to an aromatic ring is 1. The van der Waals surface area contributed by atoms with Gasteiger partial charge in [-0.1, -0.05) is 24.3 Å². The van der Waals surface area contributed by atoms with Gasteiger partial charge in [0.05, 0.1) is 16.6 Å². The summed E-state index contributed by atoms with van der Waals surface area (Å²) in [5, 5.41) is 1.81. The molecule has 4 heteroatoms. The van der Waals surface area contributed by atoms with Gasteiger partial charge in [0.25, 0.3) is 5.91 Å². The Morgan fingerprint density at radius 1 is 1.06 bits per heavy atom. The Labute approximate surface area is 103 Å². The van der Waals surface area contributed by atoms with Crippen LogP contribution in [0, 0.1) is 0 Å². The van der Waals surface area contributed by atoms with E-state index >= 15 is 0 Å². The molecule has 3 N–H and O–H groups in total. The summed E-state index contributed by atoms with van der Waals surface area (Å²) >= 11 is 0. The molecule has 1 heterocycles. The van der Waals surface area contributed by atoms with Crippen molar-refractivity contribution in [2.75, 3.05) is 0 Å². The highest BCUT2D eigenvalue weighted by atomic mass is 16.2. The molecule has 4 nitrogen and oxygen atoms in total. The lowest BCUT2D eigenvalue weighted by Crippen LogP contribution is -2.30. The number of nitrogens with zero attached hydrogens (tertiary/aromatic N) is 1. The number of carbonyl (C=O) groups is 1. The molecule has 1 amide bonds. The van der Waals surface area contributed by atoms with Crippen LogP contribution in [-0.4, -0.2) is 10.9 Å². The number of rotatable bonds is 1. The molecule has 3 aromatic rings. The Morgan fingerprint density at radius 3 is 2.67 bits per heavy atom. The summed E-state index contributed by atoms with van der Waals surface area (Å²) in [6.45, 7) is 0. The highest BCUT2D eigenvalue weighted by Gasteiger charge is 2.09. The fraction of sp³-hybridized carbons (Fsp3) is 0. The minimum Gasteiger partial charge on any atom is -0.290 e. The lowest BCUT2D eigenvalue weighted by Gasteiger charge is -2.06. The van der Waals surface area contributed by atoms with Gasteiger partial charge in [-0.15, -0.1) is 0 Å². The number of para-hydroxylation sites is 1. The Bertz CT molecular complexity index is 752. The van der Waals surface area contributed by atoms with Crippen LogP contribution in [0.1, 0.15) is 10.4 Å². The number of hydrazine groups is 1. The SMILES string of the molecule is NNC(=O)c1cccc2nc3ccccc3cc12. The molecule has 0 aliphatic rings. The maximum atomic E-state index is 11.7. The summed E-state index contributed by atoms with van der Waals surface area (Å²) in [4.78, 5) is 16.2. The molecule has 88 valence electrons.